The highest BCUT2D eigenvalue weighted by Crippen LogP contribution is 2.32. The molecule has 180 valence electrons. The van der Waals surface area contributed by atoms with E-state index in [9.17, 15) is 35.9 Å². The number of amides is 2. The van der Waals surface area contributed by atoms with Crippen molar-refractivity contribution in [2.75, 3.05) is 26.2 Å². The Labute approximate surface area is 189 Å². The predicted octanol–water partition coefficient (Wildman–Crippen LogP) is 5.04. The Hall–Kier alpha value is -3.50. The minimum absolute atomic E-state index is 0.0775. The van der Waals surface area contributed by atoms with Crippen molar-refractivity contribution in [1.82, 2.24) is 14.8 Å². The number of rotatable bonds is 3. The van der Waals surface area contributed by atoms with Gasteiger partial charge in [-0.3, -0.25) is 9.59 Å². The molecule has 1 aliphatic heterocycles. The largest absolute Gasteiger partial charge is 0.416 e. The SMILES string of the molecule is CC(F)(F)c1ccc(C(=O)N2CCN(C(=O)c3cc4cc(C(F)(F)F)ccc4[nH]3)CC2)c(F)c1. The second-order valence-electron chi connectivity index (χ2n) is 8.15. The van der Waals surface area contributed by atoms with Gasteiger partial charge >= 0.3 is 6.18 Å². The zero-order valence-corrected chi connectivity index (χ0v) is 17.8. The summed E-state index contributed by atoms with van der Waals surface area (Å²) in [6, 6.07) is 7.10. The Balaban J connectivity index is 1.43. The highest BCUT2D eigenvalue weighted by atomic mass is 19.4. The van der Waals surface area contributed by atoms with Crippen LogP contribution in [0.1, 0.15) is 38.9 Å². The van der Waals surface area contributed by atoms with Crippen LogP contribution < -0.4 is 0 Å². The van der Waals surface area contributed by atoms with Crippen LogP contribution in [0.3, 0.4) is 0 Å². The van der Waals surface area contributed by atoms with Crippen LogP contribution in [0, 0.1) is 5.82 Å². The lowest BCUT2D eigenvalue weighted by atomic mass is 10.1. The molecule has 1 aromatic heterocycles. The predicted molar refractivity (Wildman–Crippen MR) is 111 cm³/mol. The van der Waals surface area contributed by atoms with Gasteiger partial charge in [-0.05, 0) is 36.4 Å². The maximum atomic E-state index is 14.3. The molecule has 2 heterocycles. The Kier molecular flexibility index (Phi) is 5.82. The molecule has 0 radical (unpaired) electrons. The van der Waals surface area contributed by atoms with Crippen LogP contribution in [0.4, 0.5) is 26.3 Å². The lowest BCUT2D eigenvalue weighted by molar-refractivity contribution is -0.137. The summed E-state index contributed by atoms with van der Waals surface area (Å²) in [5.74, 6) is -5.43. The Morgan fingerprint density at radius 3 is 1.97 bits per heavy atom. The molecule has 3 aromatic rings. The van der Waals surface area contributed by atoms with Gasteiger partial charge in [0.15, 0.2) is 0 Å². The number of carbonyl (C=O) groups is 2. The van der Waals surface area contributed by atoms with Crippen molar-refractivity contribution in [1.29, 1.82) is 0 Å². The van der Waals surface area contributed by atoms with Crippen LogP contribution in [0.5, 0.6) is 0 Å². The van der Waals surface area contributed by atoms with Crippen LogP contribution in [0.25, 0.3) is 10.9 Å². The number of hydrogen-bond donors (Lipinski definition) is 1. The number of benzene rings is 2. The molecule has 5 nitrogen and oxygen atoms in total. The van der Waals surface area contributed by atoms with Crippen molar-refractivity contribution in [3.63, 3.8) is 0 Å². The second-order valence-corrected chi connectivity index (χ2v) is 8.15. The first-order valence-electron chi connectivity index (χ1n) is 10.3. The summed E-state index contributed by atoms with van der Waals surface area (Å²) in [5, 5.41) is 0.239. The average Bonchev–Trinajstić information content (AvgIpc) is 3.20. The molecule has 4 rings (SSSR count). The van der Waals surface area contributed by atoms with E-state index < -0.39 is 40.9 Å². The number of aromatic amines is 1. The highest BCUT2D eigenvalue weighted by molar-refractivity contribution is 5.98. The monoisotopic (exact) mass is 483 g/mol. The van der Waals surface area contributed by atoms with Crippen molar-refractivity contribution in [3.05, 3.63) is 70.7 Å². The molecule has 0 spiro atoms. The lowest BCUT2D eigenvalue weighted by Crippen LogP contribution is -2.50. The van der Waals surface area contributed by atoms with Gasteiger partial charge in [0.1, 0.15) is 11.5 Å². The molecule has 2 amide bonds. The highest BCUT2D eigenvalue weighted by Gasteiger charge is 2.32. The fourth-order valence-electron chi connectivity index (χ4n) is 3.84. The number of nitrogens with one attached hydrogen (secondary N) is 1. The summed E-state index contributed by atoms with van der Waals surface area (Å²) in [4.78, 5) is 31.0. The molecule has 1 aliphatic rings. The van der Waals surface area contributed by atoms with Gasteiger partial charge in [0.05, 0.1) is 11.1 Å². The fraction of sp³-hybridized carbons (Fsp3) is 0.304. The fourth-order valence-corrected chi connectivity index (χ4v) is 3.84. The number of nitrogens with zero attached hydrogens (tertiary/aromatic N) is 2. The first-order chi connectivity index (χ1) is 15.8. The zero-order valence-electron chi connectivity index (χ0n) is 17.8. The van der Waals surface area contributed by atoms with Crippen molar-refractivity contribution in [2.45, 2.75) is 19.0 Å². The number of halogens is 6. The molecular weight excluding hydrogens is 464 g/mol. The van der Waals surface area contributed by atoms with Gasteiger partial charge in [-0.25, -0.2) is 13.2 Å². The van der Waals surface area contributed by atoms with Crippen LogP contribution in [-0.2, 0) is 12.1 Å². The molecular formula is C23H19F6N3O2. The number of hydrogen-bond acceptors (Lipinski definition) is 2. The van der Waals surface area contributed by atoms with E-state index in [-0.39, 0.29) is 42.8 Å². The molecule has 0 bridgehead atoms. The van der Waals surface area contributed by atoms with Gasteiger partial charge in [0.2, 0.25) is 0 Å². The van der Waals surface area contributed by atoms with Gasteiger partial charge in [0, 0.05) is 49.6 Å². The van der Waals surface area contributed by atoms with E-state index >= 15 is 0 Å². The van der Waals surface area contributed by atoms with Crippen LogP contribution in [0.2, 0.25) is 0 Å². The van der Waals surface area contributed by atoms with E-state index in [1.165, 1.54) is 21.9 Å². The second kappa shape index (κ2) is 8.37. The summed E-state index contributed by atoms with van der Waals surface area (Å²) in [7, 11) is 0. The van der Waals surface area contributed by atoms with E-state index in [2.05, 4.69) is 4.98 Å². The number of carbonyl (C=O) groups excluding carboxylic acids is 2. The summed E-state index contributed by atoms with van der Waals surface area (Å²) >= 11 is 0. The van der Waals surface area contributed by atoms with E-state index in [0.717, 1.165) is 24.3 Å². The standard InChI is InChI=1S/C23H19F6N3O2/c1-22(25,26)14-2-4-16(17(24)12-14)20(33)31-6-8-32(9-7-31)21(34)19-11-13-10-15(23(27,28)29)3-5-18(13)30-19/h2-5,10-12,30H,6-9H2,1H3. The molecule has 34 heavy (non-hydrogen) atoms. The van der Waals surface area contributed by atoms with E-state index in [1.807, 2.05) is 0 Å². The van der Waals surface area contributed by atoms with Gasteiger partial charge in [-0.1, -0.05) is 6.07 Å². The third kappa shape index (κ3) is 4.59. The minimum Gasteiger partial charge on any atom is -0.351 e. The van der Waals surface area contributed by atoms with Crippen LogP contribution in [0.15, 0.2) is 42.5 Å². The number of piperazine rings is 1. The molecule has 1 saturated heterocycles. The van der Waals surface area contributed by atoms with Crippen LogP contribution in [-0.4, -0.2) is 52.8 Å². The Morgan fingerprint density at radius 2 is 1.41 bits per heavy atom. The molecule has 2 aromatic carbocycles. The summed E-state index contributed by atoms with van der Waals surface area (Å²) in [5.41, 5.74) is -1.23. The van der Waals surface area contributed by atoms with Gasteiger partial charge in [-0.15, -0.1) is 0 Å². The first kappa shape index (κ1) is 23.7. The Morgan fingerprint density at radius 1 is 0.824 bits per heavy atom. The zero-order chi connectivity index (χ0) is 24.8. The van der Waals surface area contributed by atoms with E-state index in [1.54, 1.807) is 0 Å². The maximum Gasteiger partial charge on any atom is 0.416 e. The average molecular weight is 483 g/mol. The molecule has 0 aliphatic carbocycles. The molecule has 1 fully saturated rings. The number of fused-ring (bicyclic) bond motifs is 1. The topological polar surface area (TPSA) is 56.4 Å². The Bertz CT molecular complexity index is 1250. The molecule has 0 saturated carbocycles. The molecule has 11 heteroatoms. The van der Waals surface area contributed by atoms with Crippen molar-refractivity contribution in [2.24, 2.45) is 0 Å². The lowest BCUT2D eigenvalue weighted by Gasteiger charge is -2.34. The summed E-state index contributed by atoms with van der Waals surface area (Å²) < 4.78 is 79.8. The summed E-state index contributed by atoms with van der Waals surface area (Å²) in [6.07, 6.45) is -4.50. The third-order valence-corrected chi connectivity index (χ3v) is 5.74. The molecule has 0 atom stereocenters. The minimum atomic E-state index is -4.50. The quantitative estimate of drug-likeness (QED) is 0.531. The number of H-pyrrole nitrogens is 1. The summed E-state index contributed by atoms with van der Waals surface area (Å²) in [6.45, 7) is 1.01. The van der Waals surface area contributed by atoms with Crippen molar-refractivity contribution >= 4 is 22.7 Å². The van der Waals surface area contributed by atoms with Crippen molar-refractivity contribution < 1.29 is 35.9 Å². The molecule has 0 unspecified atom stereocenters. The van der Waals surface area contributed by atoms with Gasteiger partial charge < -0.3 is 14.8 Å². The van der Waals surface area contributed by atoms with Crippen LogP contribution >= 0.6 is 0 Å². The smallest absolute Gasteiger partial charge is 0.351 e. The third-order valence-electron chi connectivity index (χ3n) is 5.74. The van der Waals surface area contributed by atoms with Crippen molar-refractivity contribution in [3.8, 4) is 0 Å². The number of alkyl halides is 5. The normalized spacial score (nSPS) is 15.1. The van der Waals surface area contributed by atoms with Gasteiger partial charge in [-0.2, -0.15) is 13.2 Å². The number of aromatic nitrogens is 1. The van der Waals surface area contributed by atoms with Gasteiger partial charge in [0.25, 0.3) is 17.7 Å². The molecule has 1 N–H and O–H groups in total. The maximum absolute atomic E-state index is 14.3. The first-order valence-corrected chi connectivity index (χ1v) is 10.3. The van der Waals surface area contributed by atoms with E-state index in [0.29, 0.717) is 18.5 Å². The van der Waals surface area contributed by atoms with E-state index in [4.69, 9.17) is 0 Å².